The van der Waals surface area contributed by atoms with Crippen LogP contribution in [0.3, 0.4) is 0 Å². The van der Waals surface area contributed by atoms with Gasteiger partial charge in [-0.3, -0.25) is 14.8 Å². The van der Waals surface area contributed by atoms with Gasteiger partial charge in [0.1, 0.15) is 5.82 Å². The number of rotatable bonds is 7. The van der Waals surface area contributed by atoms with Crippen molar-refractivity contribution in [3.63, 3.8) is 0 Å². The van der Waals surface area contributed by atoms with Gasteiger partial charge in [0.2, 0.25) is 0 Å². The number of ether oxygens (including phenoxy) is 2. The third kappa shape index (κ3) is 5.12. The Bertz CT molecular complexity index is 971. The highest BCUT2D eigenvalue weighted by atomic mass is 16.5. The predicted octanol–water partition coefficient (Wildman–Crippen LogP) is 3.17. The van der Waals surface area contributed by atoms with Crippen molar-refractivity contribution in [2.75, 3.05) is 11.9 Å². The average Bonchev–Trinajstić information content (AvgIpc) is 3.51. The summed E-state index contributed by atoms with van der Waals surface area (Å²) in [5, 5.41) is 16.2. The lowest BCUT2D eigenvalue weighted by atomic mass is 9.87. The second-order valence-electron chi connectivity index (χ2n) is 8.28. The van der Waals surface area contributed by atoms with Gasteiger partial charge in [-0.15, -0.1) is 0 Å². The van der Waals surface area contributed by atoms with Gasteiger partial charge in [0.25, 0.3) is 0 Å². The first kappa shape index (κ1) is 21.1. The number of aliphatic carboxylic acids is 1. The van der Waals surface area contributed by atoms with Crippen LogP contribution >= 0.6 is 0 Å². The number of amides is 1. The summed E-state index contributed by atoms with van der Waals surface area (Å²) in [7, 11) is 1.71. The van der Waals surface area contributed by atoms with Crippen LogP contribution in [0, 0.1) is 18.8 Å². The first-order chi connectivity index (χ1) is 14.9. The van der Waals surface area contributed by atoms with Crippen LogP contribution in [0.1, 0.15) is 44.2 Å². The fourth-order valence-electron chi connectivity index (χ4n) is 3.72. The van der Waals surface area contributed by atoms with Gasteiger partial charge in [-0.05, 0) is 51.4 Å². The molecular weight excluding hydrogens is 402 g/mol. The van der Waals surface area contributed by atoms with Crippen molar-refractivity contribution >= 4 is 17.9 Å². The Hall–Kier alpha value is -3.17. The van der Waals surface area contributed by atoms with Crippen molar-refractivity contribution < 1.29 is 24.2 Å². The second kappa shape index (κ2) is 8.91. The summed E-state index contributed by atoms with van der Waals surface area (Å²) in [5.74, 6) is 0.715. The molecule has 0 saturated heterocycles. The molecule has 4 rings (SSSR count). The molecule has 2 aliphatic rings. The topological polar surface area (TPSA) is 128 Å². The van der Waals surface area contributed by atoms with E-state index in [2.05, 4.69) is 20.4 Å². The summed E-state index contributed by atoms with van der Waals surface area (Å²) in [6.45, 7) is 2.23. The molecule has 10 nitrogen and oxygen atoms in total. The lowest BCUT2D eigenvalue weighted by Crippen LogP contribution is -2.29. The molecule has 2 aromatic heterocycles. The van der Waals surface area contributed by atoms with E-state index in [4.69, 9.17) is 9.47 Å². The van der Waals surface area contributed by atoms with E-state index in [0.29, 0.717) is 54.0 Å². The molecule has 2 heterocycles. The van der Waals surface area contributed by atoms with Crippen LogP contribution in [-0.2, 0) is 16.6 Å². The largest absolute Gasteiger partial charge is 0.487 e. The Morgan fingerprint density at radius 2 is 2.06 bits per heavy atom. The molecule has 2 aromatic rings. The standard InChI is InChI=1S/C21H27N5O5/c1-12-17(31-15-5-3-4-14(8-15)20(27)28)10-22-18(24-12)16-9-23-26(2)19(16)25-21(29)30-11-13-6-7-13/h9-10,13-15H,3-8,11H2,1-2H3,(H,25,29)(H,27,28)/t14-,15-/m0/s1. The molecule has 0 radical (unpaired) electrons. The Balaban J connectivity index is 1.45. The number of carbonyl (C=O) groups is 2. The lowest BCUT2D eigenvalue weighted by Gasteiger charge is -2.27. The SMILES string of the molecule is Cc1nc(-c2cnn(C)c2NC(=O)OCC2CC2)ncc1O[C@H]1CCC[C@H](C(=O)O)C1. The molecule has 2 N–H and O–H groups in total. The van der Waals surface area contributed by atoms with Crippen LogP contribution in [0.15, 0.2) is 12.4 Å². The summed E-state index contributed by atoms with van der Waals surface area (Å²) >= 11 is 0. The molecule has 2 saturated carbocycles. The van der Waals surface area contributed by atoms with E-state index in [0.717, 1.165) is 25.7 Å². The molecule has 2 aliphatic carbocycles. The molecule has 0 aliphatic heterocycles. The molecule has 0 spiro atoms. The van der Waals surface area contributed by atoms with Gasteiger partial charge in [0.05, 0.1) is 42.3 Å². The molecule has 0 aromatic carbocycles. The molecular formula is C21H27N5O5. The number of aromatic nitrogens is 4. The highest BCUT2D eigenvalue weighted by Gasteiger charge is 2.29. The van der Waals surface area contributed by atoms with Gasteiger partial charge in [-0.25, -0.2) is 14.8 Å². The maximum absolute atomic E-state index is 12.1. The highest BCUT2D eigenvalue weighted by molar-refractivity contribution is 5.88. The van der Waals surface area contributed by atoms with Crippen LogP contribution < -0.4 is 10.1 Å². The first-order valence-corrected chi connectivity index (χ1v) is 10.6. The number of hydrogen-bond acceptors (Lipinski definition) is 7. The highest BCUT2D eigenvalue weighted by Crippen LogP contribution is 2.31. The van der Waals surface area contributed by atoms with Crippen molar-refractivity contribution in [3.8, 4) is 17.1 Å². The zero-order valence-corrected chi connectivity index (χ0v) is 17.7. The minimum absolute atomic E-state index is 0.167. The number of aryl methyl sites for hydroxylation is 2. The summed E-state index contributed by atoms with van der Waals surface area (Å²) in [6, 6.07) is 0. The van der Waals surface area contributed by atoms with Crippen LogP contribution in [0.4, 0.5) is 10.6 Å². The quantitative estimate of drug-likeness (QED) is 0.687. The smallest absolute Gasteiger partial charge is 0.412 e. The van der Waals surface area contributed by atoms with Gasteiger partial charge in [-0.1, -0.05) is 0 Å². The summed E-state index contributed by atoms with van der Waals surface area (Å²) in [4.78, 5) is 32.3. The van der Waals surface area contributed by atoms with Crippen LogP contribution in [-0.4, -0.2) is 49.6 Å². The number of anilines is 1. The second-order valence-corrected chi connectivity index (χ2v) is 8.28. The Morgan fingerprint density at radius 1 is 1.26 bits per heavy atom. The van der Waals surface area contributed by atoms with E-state index in [1.165, 1.54) is 4.68 Å². The zero-order valence-electron chi connectivity index (χ0n) is 17.7. The molecule has 31 heavy (non-hydrogen) atoms. The molecule has 166 valence electrons. The zero-order chi connectivity index (χ0) is 22.0. The van der Waals surface area contributed by atoms with E-state index >= 15 is 0 Å². The first-order valence-electron chi connectivity index (χ1n) is 10.6. The fourth-order valence-corrected chi connectivity index (χ4v) is 3.72. The van der Waals surface area contributed by atoms with Gasteiger partial charge in [0.15, 0.2) is 11.6 Å². The number of hydrogen-bond donors (Lipinski definition) is 2. The van der Waals surface area contributed by atoms with Crippen LogP contribution in [0.25, 0.3) is 11.4 Å². The minimum Gasteiger partial charge on any atom is -0.487 e. The summed E-state index contributed by atoms with van der Waals surface area (Å²) in [5.41, 5.74) is 1.21. The Kier molecular flexibility index (Phi) is 6.06. The van der Waals surface area contributed by atoms with Crippen LogP contribution in [0.5, 0.6) is 5.75 Å². The Morgan fingerprint density at radius 3 is 2.77 bits per heavy atom. The minimum atomic E-state index is -0.774. The van der Waals surface area contributed by atoms with Crippen molar-refractivity contribution in [2.24, 2.45) is 18.9 Å². The number of nitrogens with one attached hydrogen (secondary N) is 1. The number of carboxylic acid groups (broad SMARTS) is 1. The van der Waals surface area contributed by atoms with E-state index in [1.807, 2.05) is 6.92 Å². The third-order valence-corrected chi connectivity index (χ3v) is 5.75. The van der Waals surface area contributed by atoms with Crippen molar-refractivity contribution in [1.82, 2.24) is 19.7 Å². The molecule has 1 amide bonds. The third-order valence-electron chi connectivity index (χ3n) is 5.75. The van der Waals surface area contributed by atoms with Crippen molar-refractivity contribution in [1.29, 1.82) is 0 Å². The van der Waals surface area contributed by atoms with Gasteiger partial charge < -0.3 is 14.6 Å². The van der Waals surface area contributed by atoms with E-state index in [9.17, 15) is 14.7 Å². The van der Waals surface area contributed by atoms with Gasteiger partial charge in [0, 0.05) is 7.05 Å². The molecule has 10 heteroatoms. The van der Waals surface area contributed by atoms with Crippen molar-refractivity contribution in [3.05, 3.63) is 18.1 Å². The predicted molar refractivity (Wildman–Crippen MR) is 111 cm³/mol. The van der Waals surface area contributed by atoms with Crippen LogP contribution in [0.2, 0.25) is 0 Å². The van der Waals surface area contributed by atoms with Gasteiger partial charge >= 0.3 is 12.1 Å². The summed E-state index contributed by atoms with van der Waals surface area (Å²) in [6.07, 6.45) is 7.48. The maximum Gasteiger partial charge on any atom is 0.412 e. The molecule has 2 fully saturated rings. The molecule has 0 bridgehead atoms. The maximum atomic E-state index is 12.1. The Labute approximate surface area is 180 Å². The number of carboxylic acids is 1. The molecule has 0 unspecified atom stereocenters. The van der Waals surface area contributed by atoms with Crippen molar-refractivity contribution in [2.45, 2.75) is 51.6 Å². The van der Waals surface area contributed by atoms with Gasteiger partial charge in [-0.2, -0.15) is 5.10 Å². The normalized spacial score (nSPS) is 20.8. The number of nitrogens with zero attached hydrogens (tertiary/aromatic N) is 4. The average molecular weight is 429 g/mol. The van der Waals surface area contributed by atoms with E-state index < -0.39 is 12.1 Å². The van der Waals surface area contributed by atoms with E-state index in [1.54, 1.807) is 19.4 Å². The summed E-state index contributed by atoms with van der Waals surface area (Å²) < 4.78 is 12.8. The fraction of sp³-hybridized carbons (Fsp3) is 0.571. The number of carbonyl (C=O) groups excluding carboxylic acids is 1. The lowest BCUT2D eigenvalue weighted by molar-refractivity contribution is -0.143. The monoisotopic (exact) mass is 429 g/mol. The molecule has 2 atom stereocenters. The van der Waals surface area contributed by atoms with E-state index in [-0.39, 0.29) is 12.0 Å².